The lowest BCUT2D eigenvalue weighted by atomic mass is 9.89. The van der Waals surface area contributed by atoms with E-state index in [1.807, 2.05) is 6.92 Å². The summed E-state index contributed by atoms with van der Waals surface area (Å²) in [7, 11) is 2.98. The van der Waals surface area contributed by atoms with Gasteiger partial charge < -0.3 is 5.73 Å². The van der Waals surface area contributed by atoms with Crippen molar-refractivity contribution in [3.8, 4) is 0 Å². The second kappa shape index (κ2) is 13.5. The third kappa shape index (κ3) is 9.42. The standard InChI is InChI=1S/C16H35NO4/c1-5-6-7-8-9-10-12-15(13-11-14-17)16(2,20-18-3)21-19-4/h15H,5-14,17H2,1-4H3. The second-order valence-corrected chi connectivity index (χ2v) is 5.70. The third-order valence-corrected chi connectivity index (χ3v) is 3.90. The van der Waals surface area contributed by atoms with E-state index in [1.54, 1.807) is 0 Å². The lowest BCUT2D eigenvalue weighted by molar-refractivity contribution is -0.508. The van der Waals surface area contributed by atoms with Gasteiger partial charge >= 0.3 is 0 Å². The smallest absolute Gasteiger partial charge is 0.233 e. The maximum absolute atomic E-state index is 5.63. The van der Waals surface area contributed by atoms with Crippen molar-refractivity contribution in [2.75, 3.05) is 20.8 Å². The van der Waals surface area contributed by atoms with Crippen LogP contribution in [0.3, 0.4) is 0 Å². The summed E-state index contributed by atoms with van der Waals surface area (Å²) in [5.41, 5.74) is 5.63. The molecule has 5 nitrogen and oxygen atoms in total. The van der Waals surface area contributed by atoms with Crippen molar-refractivity contribution in [1.29, 1.82) is 0 Å². The maximum atomic E-state index is 5.63. The molecule has 0 aromatic rings. The zero-order valence-corrected chi connectivity index (χ0v) is 14.4. The van der Waals surface area contributed by atoms with Crippen molar-refractivity contribution in [3.63, 3.8) is 0 Å². The van der Waals surface area contributed by atoms with E-state index in [1.165, 1.54) is 46.3 Å². The molecule has 128 valence electrons. The molecule has 0 saturated heterocycles. The largest absolute Gasteiger partial charge is 0.330 e. The number of hydrogen-bond acceptors (Lipinski definition) is 5. The van der Waals surface area contributed by atoms with Gasteiger partial charge in [0, 0.05) is 5.92 Å². The van der Waals surface area contributed by atoms with Gasteiger partial charge in [-0.2, -0.15) is 9.78 Å². The molecule has 0 saturated carbocycles. The number of rotatable bonds is 15. The zero-order chi connectivity index (χ0) is 16.0. The molecule has 2 N–H and O–H groups in total. The minimum atomic E-state index is -0.887. The Morgan fingerprint density at radius 1 is 0.857 bits per heavy atom. The van der Waals surface area contributed by atoms with Crippen LogP contribution >= 0.6 is 0 Å². The molecule has 0 aromatic heterocycles. The minimum absolute atomic E-state index is 0.201. The first-order valence-electron chi connectivity index (χ1n) is 8.28. The predicted octanol–water partition coefficient (Wildman–Crippen LogP) is 3.96. The lowest BCUT2D eigenvalue weighted by Gasteiger charge is -2.33. The third-order valence-electron chi connectivity index (χ3n) is 3.90. The lowest BCUT2D eigenvalue weighted by Crippen LogP contribution is -2.40. The minimum Gasteiger partial charge on any atom is -0.330 e. The fourth-order valence-corrected chi connectivity index (χ4v) is 2.68. The van der Waals surface area contributed by atoms with Crippen LogP contribution in [0.2, 0.25) is 0 Å². The van der Waals surface area contributed by atoms with E-state index >= 15 is 0 Å². The fraction of sp³-hybridized carbons (Fsp3) is 1.00. The summed E-state index contributed by atoms with van der Waals surface area (Å²) >= 11 is 0. The highest BCUT2D eigenvalue weighted by Gasteiger charge is 2.38. The van der Waals surface area contributed by atoms with E-state index in [4.69, 9.17) is 25.3 Å². The van der Waals surface area contributed by atoms with Crippen molar-refractivity contribution >= 4 is 0 Å². The average molecular weight is 305 g/mol. The molecule has 1 atom stereocenters. The first-order valence-corrected chi connectivity index (χ1v) is 8.28. The quantitative estimate of drug-likeness (QED) is 0.215. The Morgan fingerprint density at radius 3 is 1.90 bits per heavy atom. The molecule has 0 aliphatic carbocycles. The molecule has 5 heteroatoms. The fourth-order valence-electron chi connectivity index (χ4n) is 2.68. The summed E-state index contributed by atoms with van der Waals surface area (Å²) in [5, 5.41) is 0. The van der Waals surface area contributed by atoms with Crippen molar-refractivity contribution in [1.82, 2.24) is 0 Å². The molecular weight excluding hydrogens is 270 g/mol. The van der Waals surface area contributed by atoms with Gasteiger partial charge in [-0.15, -0.1) is 0 Å². The monoisotopic (exact) mass is 305 g/mol. The van der Waals surface area contributed by atoms with Gasteiger partial charge in [-0.05, 0) is 32.7 Å². The highest BCUT2D eigenvalue weighted by Crippen LogP contribution is 2.32. The van der Waals surface area contributed by atoms with Gasteiger partial charge in [0.15, 0.2) is 0 Å². The van der Waals surface area contributed by atoms with Crippen LogP contribution in [0.1, 0.15) is 71.6 Å². The average Bonchev–Trinajstić information content (AvgIpc) is 2.46. The van der Waals surface area contributed by atoms with Gasteiger partial charge in [0.25, 0.3) is 0 Å². The van der Waals surface area contributed by atoms with E-state index in [2.05, 4.69) is 6.92 Å². The van der Waals surface area contributed by atoms with E-state index < -0.39 is 5.79 Å². The number of nitrogens with two attached hydrogens (primary N) is 1. The SMILES string of the molecule is CCCCCCCCC(CCCN)C(C)(OOC)OOC. The van der Waals surface area contributed by atoms with E-state index in [0.29, 0.717) is 6.54 Å². The van der Waals surface area contributed by atoms with Gasteiger partial charge in [-0.25, -0.2) is 9.78 Å². The molecule has 0 aliphatic heterocycles. The molecule has 0 spiro atoms. The summed E-state index contributed by atoms with van der Waals surface area (Å²) in [6, 6.07) is 0. The van der Waals surface area contributed by atoms with Gasteiger partial charge in [0.2, 0.25) is 5.79 Å². The Bertz CT molecular complexity index is 220. The molecule has 0 bridgehead atoms. The van der Waals surface area contributed by atoms with Crippen molar-refractivity contribution in [2.24, 2.45) is 11.7 Å². The Morgan fingerprint density at radius 2 is 1.38 bits per heavy atom. The Labute approximate surface area is 130 Å². The molecule has 1 unspecified atom stereocenters. The Balaban J connectivity index is 4.32. The van der Waals surface area contributed by atoms with E-state index in [9.17, 15) is 0 Å². The van der Waals surface area contributed by atoms with Crippen LogP contribution in [0.15, 0.2) is 0 Å². The van der Waals surface area contributed by atoms with Crippen molar-refractivity contribution < 1.29 is 19.6 Å². The van der Waals surface area contributed by atoms with E-state index in [0.717, 1.165) is 25.7 Å². The molecule has 0 amide bonds. The number of hydrogen-bond donors (Lipinski definition) is 1. The molecule has 0 rings (SSSR count). The molecule has 0 fully saturated rings. The molecular formula is C16H35NO4. The molecule has 0 heterocycles. The van der Waals surface area contributed by atoms with Crippen LogP contribution in [-0.4, -0.2) is 26.6 Å². The Kier molecular flexibility index (Phi) is 13.3. The van der Waals surface area contributed by atoms with Crippen molar-refractivity contribution in [2.45, 2.75) is 77.4 Å². The topological polar surface area (TPSA) is 62.9 Å². The van der Waals surface area contributed by atoms with Crippen LogP contribution in [0.25, 0.3) is 0 Å². The summed E-state index contributed by atoms with van der Waals surface area (Å²) < 4.78 is 0. The van der Waals surface area contributed by atoms with Crippen LogP contribution in [0.4, 0.5) is 0 Å². The molecule has 0 radical (unpaired) electrons. The van der Waals surface area contributed by atoms with Crippen LogP contribution in [0, 0.1) is 5.92 Å². The molecule has 21 heavy (non-hydrogen) atoms. The highest BCUT2D eigenvalue weighted by atomic mass is 17.3. The first kappa shape index (κ1) is 20.8. The maximum Gasteiger partial charge on any atom is 0.233 e. The van der Waals surface area contributed by atoms with Gasteiger partial charge in [-0.3, -0.25) is 0 Å². The van der Waals surface area contributed by atoms with Crippen LogP contribution in [-0.2, 0) is 19.6 Å². The second-order valence-electron chi connectivity index (χ2n) is 5.70. The summed E-state index contributed by atoms with van der Waals surface area (Å²) in [6.07, 6.45) is 10.5. The summed E-state index contributed by atoms with van der Waals surface area (Å²) in [4.78, 5) is 20.4. The van der Waals surface area contributed by atoms with E-state index in [-0.39, 0.29) is 5.92 Å². The number of unbranched alkanes of at least 4 members (excludes halogenated alkanes) is 5. The summed E-state index contributed by atoms with van der Waals surface area (Å²) in [6.45, 7) is 4.76. The summed E-state index contributed by atoms with van der Waals surface area (Å²) in [5.74, 6) is -0.686. The van der Waals surface area contributed by atoms with Gasteiger partial charge in [0.05, 0.1) is 14.2 Å². The normalized spacial score (nSPS) is 13.6. The zero-order valence-electron chi connectivity index (χ0n) is 14.4. The van der Waals surface area contributed by atoms with Crippen molar-refractivity contribution in [3.05, 3.63) is 0 Å². The first-order chi connectivity index (χ1) is 10.1. The molecule has 0 aliphatic rings. The van der Waals surface area contributed by atoms with Crippen LogP contribution < -0.4 is 5.73 Å². The van der Waals surface area contributed by atoms with Gasteiger partial charge in [0.1, 0.15) is 0 Å². The predicted molar refractivity (Wildman–Crippen MR) is 84.4 cm³/mol. The van der Waals surface area contributed by atoms with Gasteiger partial charge in [-0.1, -0.05) is 45.4 Å². The van der Waals surface area contributed by atoms with Crippen LogP contribution in [0.5, 0.6) is 0 Å². The molecule has 0 aromatic carbocycles. The Hall–Kier alpha value is -0.200. The highest BCUT2D eigenvalue weighted by molar-refractivity contribution is 4.74.